The van der Waals surface area contributed by atoms with E-state index in [2.05, 4.69) is 10.6 Å². The van der Waals surface area contributed by atoms with Crippen LogP contribution in [0.3, 0.4) is 0 Å². The average molecular weight is 256 g/mol. The minimum absolute atomic E-state index is 0.0272. The molecule has 1 fully saturated rings. The first-order valence-electron chi connectivity index (χ1n) is 7.33. The molecule has 1 unspecified atom stereocenters. The van der Waals surface area contributed by atoms with Gasteiger partial charge < -0.3 is 15.4 Å². The third-order valence-corrected chi connectivity index (χ3v) is 3.20. The molecule has 1 aliphatic heterocycles. The molecule has 0 radical (unpaired) electrons. The van der Waals surface area contributed by atoms with Crippen molar-refractivity contribution < 1.29 is 9.53 Å². The van der Waals surface area contributed by atoms with Crippen molar-refractivity contribution in [3.63, 3.8) is 0 Å². The monoisotopic (exact) mass is 256 g/mol. The Kier molecular flexibility index (Phi) is 8.01. The molecule has 2 N–H and O–H groups in total. The summed E-state index contributed by atoms with van der Waals surface area (Å²) in [5.74, 6) is 0.168. The molecule has 0 bridgehead atoms. The van der Waals surface area contributed by atoms with E-state index in [4.69, 9.17) is 4.74 Å². The van der Waals surface area contributed by atoms with Crippen molar-refractivity contribution in [3.8, 4) is 0 Å². The second kappa shape index (κ2) is 9.34. The van der Waals surface area contributed by atoms with Gasteiger partial charge in [0.1, 0.15) is 0 Å². The Morgan fingerprint density at radius 1 is 1.33 bits per heavy atom. The molecule has 1 atom stereocenters. The Hall–Kier alpha value is -0.610. The van der Waals surface area contributed by atoms with E-state index in [-0.39, 0.29) is 11.9 Å². The van der Waals surface area contributed by atoms with Gasteiger partial charge in [0.05, 0.1) is 12.1 Å². The largest absolute Gasteiger partial charge is 0.379 e. The van der Waals surface area contributed by atoms with Crippen molar-refractivity contribution in [2.75, 3.05) is 19.7 Å². The van der Waals surface area contributed by atoms with Crippen LogP contribution in [-0.2, 0) is 9.53 Å². The van der Waals surface area contributed by atoms with Crippen LogP contribution >= 0.6 is 0 Å². The Labute approximate surface area is 111 Å². The molecule has 4 nitrogen and oxygen atoms in total. The van der Waals surface area contributed by atoms with E-state index < -0.39 is 0 Å². The van der Waals surface area contributed by atoms with Crippen LogP contribution in [0.2, 0.25) is 0 Å². The second-order valence-corrected chi connectivity index (χ2v) is 5.27. The molecule has 18 heavy (non-hydrogen) atoms. The van der Waals surface area contributed by atoms with Crippen LogP contribution in [0.4, 0.5) is 0 Å². The molecule has 0 aliphatic carbocycles. The molecule has 0 saturated carbocycles. The van der Waals surface area contributed by atoms with Crippen molar-refractivity contribution in [2.45, 2.75) is 64.5 Å². The lowest BCUT2D eigenvalue weighted by atomic mass is 10.1. The topological polar surface area (TPSA) is 50.4 Å². The van der Waals surface area contributed by atoms with E-state index >= 15 is 0 Å². The van der Waals surface area contributed by atoms with E-state index in [9.17, 15) is 4.79 Å². The first kappa shape index (κ1) is 15.4. The Morgan fingerprint density at radius 2 is 2.17 bits per heavy atom. The Balaban J connectivity index is 2.02. The Morgan fingerprint density at radius 3 is 2.94 bits per heavy atom. The zero-order valence-electron chi connectivity index (χ0n) is 11.8. The third-order valence-electron chi connectivity index (χ3n) is 3.20. The van der Waals surface area contributed by atoms with Crippen molar-refractivity contribution in [1.82, 2.24) is 10.6 Å². The molecule has 1 aliphatic rings. The fourth-order valence-corrected chi connectivity index (χ4v) is 2.13. The average Bonchev–Trinajstić information content (AvgIpc) is 2.61. The first-order chi connectivity index (χ1) is 8.70. The summed E-state index contributed by atoms with van der Waals surface area (Å²) < 4.78 is 5.46. The van der Waals surface area contributed by atoms with Crippen LogP contribution in [0, 0.1) is 0 Å². The molecule has 106 valence electrons. The van der Waals surface area contributed by atoms with Gasteiger partial charge in [0.25, 0.3) is 0 Å². The van der Waals surface area contributed by atoms with Gasteiger partial charge in [-0.05, 0) is 46.1 Å². The highest BCUT2D eigenvalue weighted by Crippen LogP contribution is 2.08. The van der Waals surface area contributed by atoms with Gasteiger partial charge in [-0.2, -0.15) is 0 Å². The normalized spacial score (nSPS) is 20.7. The number of nitrogens with one attached hydrogen (secondary N) is 2. The molecule has 1 saturated heterocycles. The zero-order chi connectivity index (χ0) is 13.2. The van der Waals surface area contributed by atoms with Crippen LogP contribution in [0.15, 0.2) is 0 Å². The minimum atomic E-state index is 0.0272. The fourth-order valence-electron chi connectivity index (χ4n) is 2.13. The number of unbranched alkanes of at least 4 members (excludes halogenated alkanes) is 1. The maximum absolute atomic E-state index is 11.9. The quantitative estimate of drug-likeness (QED) is 0.683. The van der Waals surface area contributed by atoms with Gasteiger partial charge in [-0.15, -0.1) is 0 Å². The van der Waals surface area contributed by atoms with Crippen molar-refractivity contribution in [3.05, 3.63) is 0 Å². The lowest BCUT2D eigenvalue weighted by molar-refractivity contribution is -0.123. The summed E-state index contributed by atoms with van der Waals surface area (Å²) in [5.41, 5.74) is 0. The van der Waals surface area contributed by atoms with Crippen molar-refractivity contribution in [2.24, 2.45) is 0 Å². The molecule has 1 amide bonds. The molecule has 0 spiro atoms. The first-order valence-corrected chi connectivity index (χ1v) is 7.33. The van der Waals surface area contributed by atoms with Crippen molar-refractivity contribution in [1.29, 1.82) is 0 Å². The standard InChI is InChI=1S/C14H28N2O2/c1-12(2)18-11-7-6-10-16-14(17)13-8-4-3-5-9-15-13/h12-13,15H,3-11H2,1-2H3,(H,16,17). The summed E-state index contributed by atoms with van der Waals surface area (Å²) in [6.07, 6.45) is 6.87. The lowest BCUT2D eigenvalue weighted by Crippen LogP contribution is -2.44. The minimum Gasteiger partial charge on any atom is -0.379 e. The van der Waals surface area contributed by atoms with Gasteiger partial charge in [-0.3, -0.25) is 4.79 Å². The Bertz CT molecular complexity index is 224. The molecule has 0 aromatic heterocycles. The molecule has 1 rings (SSSR count). The SMILES string of the molecule is CC(C)OCCCCNC(=O)C1CCCCCN1. The number of hydrogen-bond acceptors (Lipinski definition) is 3. The number of carbonyl (C=O) groups excluding carboxylic acids is 1. The van der Waals surface area contributed by atoms with Crippen molar-refractivity contribution >= 4 is 5.91 Å². The lowest BCUT2D eigenvalue weighted by Gasteiger charge is -2.15. The number of rotatable bonds is 7. The third kappa shape index (κ3) is 6.97. The maximum Gasteiger partial charge on any atom is 0.237 e. The van der Waals surface area contributed by atoms with Gasteiger partial charge in [-0.1, -0.05) is 12.8 Å². The summed E-state index contributed by atoms with van der Waals surface area (Å²) in [5, 5.41) is 6.32. The van der Waals surface area contributed by atoms with Crippen LogP contribution in [0.1, 0.15) is 52.4 Å². The smallest absolute Gasteiger partial charge is 0.237 e. The number of amides is 1. The zero-order valence-corrected chi connectivity index (χ0v) is 11.8. The number of ether oxygens (including phenoxy) is 1. The van der Waals surface area contributed by atoms with E-state index in [1.165, 1.54) is 12.8 Å². The van der Waals surface area contributed by atoms with Gasteiger partial charge in [0.2, 0.25) is 5.91 Å². The summed E-state index contributed by atoms with van der Waals surface area (Å²) in [6, 6.07) is 0.0272. The van der Waals surface area contributed by atoms with Gasteiger partial charge in [-0.25, -0.2) is 0 Å². The fraction of sp³-hybridized carbons (Fsp3) is 0.929. The van der Waals surface area contributed by atoms with E-state index in [1.54, 1.807) is 0 Å². The second-order valence-electron chi connectivity index (χ2n) is 5.27. The predicted octanol–water partition coefficient (Wildman–Crippen LogP) is 1.84. The molecule has 4 heteroatoms. The van der Waals surface area contributed by atoms with E-state index in [1.807, 2.05) is 13.8 Å². The maximum atomic E-state index is 11.9. The molecule has 0 aromatic carbocycles. The molecule has 0 aromatic rings. The summed E-state index contributed by atoms with van der Waals surface area (Å²) in [4.78, 5) is 11.9. The summed E-state index contributed by atoms with van der Waals surface area (Å²) in [6.45, 7) is 6.60. The highest BCUT2D eigenvalue weighted by atomic mass is 16.5. The summed E-state index contributed by atoms with van der Waals surface area (Å²) in [7, 11) is 0. The van der Waals surface area contributed by atoms with Gasteiger partial charge in [0.15, 0.2) is 0 Å². The van der Waals surface area contributed by atoms with Gasteiger partial charge >= 0.3 is 0 Å². The summed E-state index contributed by atoms with van der Waals surface area (Å²) >= 11 is 0. The van der Waals surface area contributed by atoms with E-state index in [0.717, 1.165) is 45.4 Å². The number of carbonyl (C=O) groups is 1. The highest BCUT2D eigenvalue weighted by Gasteiger charge is 2.18. The molecular weight excluding hydrogens is 228 g/mol. The highest BCUT2D eigenvalue weighted by molar-refractivity contribution is 5.81. The predicted molar refractivity (Wildman–Crippen MR) is 73.6 cm³/mol. The van der Waals surface area contributed by atoms with Crippen LogP contribution in [0.25, 0.3) is 0 Å². The van der Waals surface area contributed by atoms with Crippen LogP contribution in [0.5, 0.6) is 0 Å². The molecular formula is C14H28N2O2. The van der Waals surface area contributed by atoms with E-state index in [0.29, 0.717) is 6.10 Å². The molecule has 1 heterocycles. The van der Waals surface area contributed by atoms with Gasteiger partial charge in [0, 0.05) is 13.2 Å². The van der Waals surface area contributed by atoms with Crippen LogP contribution in [-0.4, -0.2) is 37.7 Å². The number of hydrogen-bond donors (Lipinski definition) is 2. The van der Waals surface area contributed by atoms with Crippen LogP contribution < -0.4 is 10.6 Å².